The molecular formula is C8H8N4O. The number of aromatic amines is 2. The third kappa shape index (κ3) is 1.48. The lowest BCUT2D eigenvalue weighted by atomic mass is 10.4. The van der Waals surface area contributed by atoms with Gasteiger partial charge in [-0.05, 0) is 6.92 Å². The Labute approximate surface area is 73.9 Å². The molecule has 0 aliphatic heterocycles. The Morgan fingerprint density at radius 1 is 1.38 bits per heavy atom. The van der Waals surface area contributed by atoms with E-state index in [1.807, 2.05) is 0 Å². The van der Waals surface area contributed by atoms with Crippen LogP contribution in [-0.2, 0) is 0 Å². The first-order valence-electron chi connectivity index (χ1n) is 3.83. The molecule has 2 N–H and O–H groups in total. The Bertz CT molecular complexity index is 457. The molecule has 5 heteroatoms. The van der Waals surface area contributed by atoms with Gasteiger partial charge in [0.25, 0.3) is 5.56 Å². The molecule has 0 unspecified atom stereocenters. The standard InChI is InChI=1S/C8H8N4O/c1-5-4-6(13)12-8(11-5)7-9-2-3-10-7/h2-4H,1H3,(H,9,10)(H,11,12,13). The summed E-state index contributed by atoms with van der Waals surface area (Å²) < 4.78 is 0. The highest BCUT2D eigenvalue weighted by Crippen LogP contribution is 2.05. The molecule has 0 aromatic carbocycles. The van der Waals surface area contributed by atoms with Gasteiger partial charge in [0.2, 0.25) is 0 Å². The second-order valence-corrected chi connectivity index (χ2v) is 2.67. The summed E-state index contributed by atoms with van der Waals surface area (Å²) in [5.41, 5.74) is 0.508. The summed E-state index contributed by atoms with van der Waals surface area (Å²) in [4.78, 5) is 24.6. The summed E-state index contributed by atoms with van der Waals surface area (Å²) in [6.07, 6.45) is 3.29. The Morgan fingerprint density at radius 3 is 2.85 bits per heavy atom. The van der Waals surface area contributed by atoms with Crippen molar-refractivity contribution in [1.29, 1.82) is 0 Å². The fourth-order valence-electron chi connectivity index (χ4n) is 1.09. The van der Waals surface area contributed by atoms with Gasteiger partial charge in [-0.3, -0.25) is 4.79 Å². The highest BCUT2D eigenvalue weighted by Gasteiger charge is 2.02. The molecule has 0 aliphatic rings. The molecule has 2 rings (SSSR count). The van der Waals surface area contributed by atoms with Gasteiger partial charge in [-0.15, -0.1) is 0 Å². The van der Waals surface area contributed by atoms with Crippen molar-refractivity contribution in [2.45, 2.75) is 6.92 Å². The smallest absolute Gasteiger partial charge is 0.251 e. The maximum atomic E-state index is 11.1. The third-order valence-electron chi connectivity index (χ3n) is 1.59. The van der Waals surface area contributed by atoms with Gasteiger partial charge in [0.05, 0.1) is 0 Å². The molecule has 0 spiro atoms. The molecule has 66 valence electrons. The summed E-state index contributed by atoms with van der Waals surface area (Å²) in [5, 5.41) is 0. The average Bonchev–Trinajstić information content (AvgIpc) is 2.53. The summed E-state index contributed by atoms with van der Waals surface area (Å²) in [7, 11) is 0. The van der Waals surface area contributed by atoms with Crippen molar-refractivity contribution in [3.05, 3.63) is 34.5 Å². The molecule has 0 fully saturated rings. The fraction of sp³-hybridized carbons (Fsp3) is 0.125. The van der Waals surface area contributed by atoms with Crippen LogP contribution < -0.4 is 5.56 Å². The van der Waals surface area contributed by atoms with Gasteiger partial charge in [0, 0.05) is 24.2 Å². The van der Waals surface area contributed by atoms with Crippen molar-refractivity contribution in [2.24, 2.45) is 0 Å². The van der Waals surface area contributed by atoms with E-state index in [0.717, 1.165) is 0 Å². The zero-order valence-corrected chi connectivity index (χ0v) is 7.03. The first-order chi connectivity index (χ1) is 6.25. The lowest BCUT2D eigenvalue weighted by Crippen LogP contribution is -2.08. The topological polar surface area (TPSA) is 74.4 Å². The van der Waals surface area contributed by atoms with Crippen LogP contribution in [0.5, 0.6) is 0 Å². The van der Waals surface area contributed by atoms with Crippen LogP contribution >= 0.6 is 0 Å². The Kier molecular flexibility index (Phi) is 1.70. The lowest BCUT2D eigenvalue weighted by molar-refractivity contribution is 1.05. The second-order valence-electron chi connectivity index (χ2n) is 2.67. The van der Waals surface area contributed by atoms with Crippen molar-refractivity contribution in [2.75, 3.05) is 0 Å². The molecule has 5 nitrogen and oxygen atoms in total. The monoisotopic (exact) mass is 176 g/mol. The van der Waals surface area contributed by atoms with E-state index in [4.69, 9.17) is 0 Å². The minimum atomic E-state index is -0.168. The normalized spacial score (nSPS) is 10.2. The molecule has 2 heterocycles. The summed E-state index contributed by atoms with van der Waals surface area (Å²) in [5.74, 6) is 1.04. The van der Waals surface area contributed by atoms with Crippen LogP contribution in [0.2, 0.25) is 0 Å². The van der Waals surface area contributed by atoms with Crippen molar-refractivity contribution < 1.29 is 0 Å². The third-order valence-corrected chi connectivity index (χ3v) is 1.59. The number of aromatic nitrogens is 4. The van der Waals surface area contributed by atoms with E-state index in [0.29, 0.717) is 17.3 Å². The predicted molar refractivity (Wildman–Crippen MR) is 47.2 cm³/mol. The number of rotatable bonds is 1. The van der Waals surface area contributed by atoms with Crippen LogP contribution in [0.15, 0.2) is 23.3 Å². The number of nitrogens with one attached hydrogen (secondary N) is 2. The van der Waals surface area contributed by atoms with Crippen molar-refractivity contribution in [3.63, 3.8) is 0 Å². The average molecular weight is 176 g/mol. The van der Waals surface area contributed by atoms with Gasteiger partial charge in [0.1, 0.15) is 0 Å². The molecule has 2 aromatic rings. The quantitative estimate of drug-likeness (QED) is 0.663. The van der Waals surface area contributed by atoms with E-state index in [2.05, 4.69) is 19.9 Å². The molecule has 0 amide bonds. The molecule has 13 heavy (non-hydrogen) atoms. The van der Waals surface area contributed by atoms with Gasteiger partial charge >= 0.3 is 0 Å². The molecule has 2 aromatic heterocycles. The maximum absolute atomic E-state index is 11.1. The van der Waals surface area contributed by atoms with E-state index >= 15 is 0 Å². The van der Waals surface area contributed by atoms with Crippen LogP contribution in [-0.4, -0.2) is 19.9 Å². The van der Waals surface area contributed by atoms with Gasteiger partial charge < -0.3 is 9.97 Å². The van der Waals surface area contributed by atoms with Gasteiger partial charge in [-0.2, -0.15) is 0 Å². The van der Waals surface area contributed by atoms with Crippen LogP contribution in [0.3, 0.4) is 0 Å². The Hall–Kier alpha value is -1.91. The summed E-state index contributed by atoms with van der Waals surface area (Å²) in [6.45, 7) is 1.77. The van der Waals surface area contributed by atoms with E-state index in [1.54, 1.807) is 19.3 Å². The van der Waals surface area contributed by atoms with E-state index < -0.39 is 0 Å². The highest BCUT2D eigenvalue weighted by molar-refractivity contribution is 5.41. The van der Waals surface area contributed by atoms with Crippen LogP contribution in [0.1, 0.15) is 5.69 Å². The van der Waals surface area contributed by atoms with Crippen molar-refractivity contribution >= 4 is 0 Å². The van der Waals surface area contributed by atoms with Gasteiger partial charge in [-0.25, -0.2) is 9.97 Å². The van der Waals surface area contributed by atoms with Crippen molar-refractivity contribution in [1.82, 2.24) is 19.9 Å². The minimum Gasteiger partial charge on any atom is -0.342 e. The first-order valence-corrected chi connectivity index (χ1v) is 3.83. The minimum absolute atomic E-state index is 0.168. The van der Waals surface area contributed by atoms with E-state index in [-0.39, 0.29) is 5.56 Å². The molecule has 0 radical (unpaired) electrons. The first kappa shape index (κ1) is 7.72. The summed E-state index contributed by atoms with van der Waals surface area (Å²) in [6, 6.07) is 1.44. The second kappa shape index (κ2) is 2.85. The Morgan fingerprint density at radius 2 is 2.23 bits per heavy atom. The van der Waals surface area contributed by atoms with Gasteiger partial charge in [0.15, 0.2) is 11.6 Å². The number of hydrogen-bond donors (Lipinski definition) is 2. The summed E-state index contributed by atoms with van der Waals surface area (Å²) >= 11 is 0. The molecular weight excluding hydrogens is 168 g/mol. The van der Waals surface area contributed by atoms with E-state index in [1.165, 1.54) is 6.07 Å². The fourth-order valence-corrected chi connectivity index (χ4v) is 1.09. The number of H-pyrrole nitrogens is 2. The molecule has 0 aliphatic carbocycles. The zero-order chi connectivity index (χ0) is 9.26. The SMILES string of the molecule is Cc1cc(=O)[nH]c(-c2ncc[nH]2)n1. The number of hydrogen-bond acceptors (Lipinski definition) is 3. The largest absolute Gasteiger partial charge is 0.342 e. The highest BCUT2D eigenvalue weighted by atomic mass is 16.1. The van der Waals surface area contributed by atoms with Gasteiger partial charge in [-0.1, -0.05) is 0 Å². The number of nitrogens with zero attached hydrogens (tertiary/aromatic N) is 2. The molecule has 0 bridgehead atoms. The molecule has 0 saturated heterocycles. The number of imidazole rings is 1. The van der Waals surface area contributed by atoms with Crippen LogP contribution in [0.25, 0.3) is 11.6 Å². The van der Waals surface area contributed by atoms with Crippen LogP contribution in [0.4, 0.5) is 0 Å². The number of aryl methyl sites for hydroxylation is 1. The maximum Gasteiger partial charge on any atom is 0.251 e. The molecule has 0 saturated carbocycles. The van der Waals surface area contributed by atoms with Crippen molar-refractivity contribution in [3.8, 4) is 11.6 Å². The lowest BCUT2D eigenvalue weighted by Gasteiger charge is -1.96. The zero-order valence-electron chi connectivity index (χ0n) is 7.03. The Balaban J connectivity index is 2.59. The van der Waals surface area contributed by atoms with E-state index in [9.17, 15) is 4.79 Å². The molecule has 0 atom stereocenters. The predicted octanol–water partition coefficient (Wildman–Crippen LogP) is 0.468. The van der Waals surface area contributed by atoms with Crippen LogP contribution in [0, 0.1) is 6.92 Å².